The Morgan fingerprint density at radius 1 is 1.43 bits per heavy atom. The van der Waals surface area contributed by atoms with Crippen LogP contribution in [0.15, 0.2) is 17.8 Å². The van der Waals surface area contributed by atoms with Gasteiger partial charge in [-0.25, -0.2) is 4.98 Å². The molecule has 0 radical (unpaired) electrons. The summed E-state index contributed by atoms with van der Waals surface area (Å²) in [5.74, 6) is -0.154. The normalized spacial score (nSPS) is 20.3. The lowest BCUT2D eigenvalue weighted by molar-refractivity contribution is -0.114. The number of halogens is 1. The summed E-state index contributed by atoms with van der Waals surface area (Å²) < 4.78 is 5.57. The largest absolute Gasteiger partial charge is 0.378 e. The fourth-order valence-electron chi connectivity index (χ4n) is 3.20. The molecular formula is C17H18ClN3O2. The molecule has 0 aromatic carbocycles. The van der Waals surface area contributed by atoms with Crippen molar-refractivity contribution < 1.29 is 9.53 Å². The van der Waals surface area contributed by atoms with Crippen molar-refractivity contribution in [2.45, 2.75) is 31.8 Å². The second-order valence-electron chi connectivity index (χ2n) is 6.24. The highest BCUT2D eigenvalue weighted by Crippen LogP contribution is 2.36. The maximum atomic E-state index is 12.3. The van der Waals surface area contributed by atoms with Gasteiger partial charge in [0.2, 0.25) is 0 Å². The Morgan fingerprint density at radius 3 is 2.74 bits per heavy atom. The van der Waals surface area contributed by atoms with E-state index >= 15 is 0 Å². The molecule has 2 heterocycles. The van der Waals surface area contributed by atoms with E-state index < -0.39 is 0 Å². The summed E-state index contributed by atoms with van der Waals surface area (Å²) in [6.45, 7) is 3.56. The molecule has 1 saturated heterocycles. The first-order chi connectivity index (χ1) is 11.0. The number of pyridine rings is 1. The van der Waals surface area contributed by atoms with Crippen molar-refractivity contribution in [3.63, 3.8) is 0 Å². The minimum Gasteiger partial charge on any atom is -0.378 e. The molecule has 0 unspecified atom stereocenters. The molecule has 0 atom stereocenters. The predicted molar refractivity (Wildman–Crippen MR) is 86.7 cm³/mol. The topological polar surface area (TPSA) is 66.2 Å². The van der Waals surface area contributed by atoms with Crippen LogP contribution in [-0.2, 0) is 16.0 Å². The van der Waals surface area contributed by atoms with Gasteiger partial charge in [-0.1, -0.05) is 11.6 Å². The highest BCUT2D eigenvalue weighted by atomic mass is 35.5. The number of ether oxygens (including phenoxy) is 1. The number of carbonyl (C=O) groups is 1. The van der Waals surface area contributed by atoms with Gasteiger partial charge in [0.15, 0.2) is 5.78 Å². The summed E-state index contributed by atoms with van der Waals surface area (Å²) in [6, 6.07) is 3.84. The summed E-state index contributed by atoms with van der Waals surface area (Å²) in [4.78, 5) is 18.5. The molecule has 5 nitrogen and oxygen atoms in total. The van der Waals surface area contributed by atoms with Crippen molar-refractivity contribution in [1.29, 1.82) is 5.26 Å². The smallest absolute Gasteiger partial charge is 0.179 e. The standard InChI is InChI=1S/C17H18ClN3O2/c1-17(23-2)3-5-21(6-4-17)16-12-8-15(18)20-10-11(12)7-14(22)13(16)9-19/h8,10H,3-7H2,1-2H3. The van der Waals surface area contributed by atoms with E-state index in [4.69, 9.17) is 16.3 Å². The van der Waals surface area contributed by atoms with E-state index in [0.29, 0.717) is 10.9 Å². The number of Topliss-reactive ketones (excluding diaryl/α,β-unsaturated/α-hetero) is 1. The van der Waals surface area contributed by atoms with Crippen LogP contribution in [0.3, 0.4) is 0 Å². The molecule has 6 heteroatoms. The van der Waals surface area contributed by atoms with Crippen LogP contribution in [0.5, 0.6) is 0 Å². The summed E-state index contributed by atoms with van der Waals surface area (Å²) in [5.41, 5.74) is 2.44. The van der Waals surface area contributed by atoms with Crippen molar-refractivity contribution in [2.75, 3.05) is 20.2 Å². The molecular weight excluding hydrogens is 314 g/mol. The Morgan fingerprint density at radius 2 is 2.13 bits per heavy atom. The van der Waals surface area contributed by atoms with Crippen molar-refractivity contribution in [3.8, 4) is 6.07 Å². The van der Waals surface area contributed by atoms with Gasteiger partial charge in [-0.3, -0.25) is 4.79 Å². The monoisotopic (exact) mass is 331 g/mol. The number of allylic oxidation sites excluding steroid dienone is 1. The molecule has 23 heavy (non-hydrogen) atoms. The van der Waals surface area contributed by atoms with E-state index in [1.807, 2.05) is 0 Å². The molecule has 1 fully saturated rings. The van der Waals surface area contributed by atoms with Crippen LogP contribution in [0.4, 0.5) is 0 Å². The fourth-order valence-corrected chi connectivity index (χ4v) is 3.36. The number of methoxy groups -OCH3 is 1. The highest BCUT2D eigenvalue weighted by molar-refractivity contribution is 6.29. The molecule has 3 rings (SSSR count). The maximum absolute atomic E-state index is 12.3. The summed E-state index contributed by atoms with van der Waals surface area (Å²) >= 11 is 6.04. The Kier molecular flexibility index (Phi) is 4.13. The van der Waals surface area contributed by atoms with E-state index in [1.165, 1.54) is 0 Å². The molecule has 1 aliphatic heterocycles. The maximum Gasteiger partial charge on any atom is 0.179 e. The number of carbonyl (C=O) groups excluding carboxylic acids is 1. The van der Waals surface area contributed by atoms with Gasteiger partial charge >= 0.3 is 0 Å². The second kappa shape index (κ2) is 5.95. The number of rotatable bonds is 2. The number of aromatic nitrogens is 1. The second-order valence-corrected chi connectivity index (χ2v) is 6.63. The lowest BCUT2D eigenvalue weighted by Gasteiger charge is -2.41. The van der Waals surface area contributed by atoms with Crippen LogP contribution in [0.1, 0.15) is 30.9 Å². The van der Waals surface area contributed by atoms with Gasteiger partial charge in [0, 0.05) is 38.4 Å². The third kappa shape index (κ3) is 2.85. The zero-order valence-corrected chi connectivity index (χ0v) is 14.0. The van der Waals surface area contributed by atoms with Crippen LogP contribution < -0.4 is 0 Å². The SMILES string of the molecule is COC1(C)CCN(C2=C(C#N)C(=O)Cc3cnc(Cl)cc32)CC1. The summed E-state index contributed by atoms with van der Waals surface area (Å²) in [5, 5.41) is 9.84. The third-order valence-electron chi connectivity index (χ3n) is 4.82. The number of ketones is 1. The molecule has 0 spiro atoms. The summed E-state index contributed by atoms with van der Waals surface area (Å²) in [6.07, 6.45) is 3.52. The zero-order chi connectivity index (χ0) is 16.6. The Labute approximate surface area is 140 Å². The van der Waals surface area contributed by atoms with Crippen molar-refractivity contribution in [2.24, 2.45) is 0 Å². The molecule has 120 valence electrons. The molecule has 0 bridgehead atoms. The first-order valence-electron chi connectivity index (χ1n) is 7.60. The number of likely N-dealkylation sites (tertiary alicyclic amines) is 1. The van der Waals surface area contributed by atoms with E-state index in [1.54, 1.807) is 19.4 Å². The van der Waals surface area contributed by atoms with Gasteiger partial charge in [0.05, 0.1) is 11.3 Å². The van der Waals surface area contributed by atoms with Gasteiger partial charge in [-0.05, 0) is 31.4 Å². The van der Waals surface area contributed by atoms with Gasteiger partial charge in [-0.2, -0.15) is 5.26 Å². The fraction of sp³-hybridized carbons (Fsp3) is 0.471. The number of nitrogens with zero attached hydrogens (tertiary/aromatic N) is 3. The van der Waals surface area contributed by atoms with E-state index in [-0.39, 0.29) is 23.4 Å². The van der Waals surface area contributed by atoms with Gasteiger partial charge in [0.25, 0.3) is 0 Å². The number of hydrogen-bond donors (Lipinski definition) is 0. The van der Waals surface area contributed by atoms with Crippen molar-refractivity contribution >= 4 is 23.1 Å². The number of piperidine rings is 1. The highest BCUT2D eigenvalue weighted by Gasteiger charge is 2.35. The average molecular weight is 332 g/mol. The van der Waals surface area contributed by atoms with Crippen LogP contribution >= 0.6 is 11.6 Å². The quantitative estimate of drug-likeness (QED) is 0.779. The summed E-state index contributed by atoms with van der Waals surface area (Å²) in [7, 11) is 1.72. The molecule has 0 N–H and O–H groups in total. The van der Waals surface area contributed by atoms with E-state index in [2.05, 4.69) is 22.9 Å². The first kappa shape index (κ1) is 16.0. The number of fused-ring (bicyclic) bond motifs is 1. The van der Waals surface area contributed by atoms with Crippen LogP contribution in [-0.4, -0.2) is 41.5 Å². The van der Waals surface area contributed by atoms with Crippen LogP contribution in [0.2, 0.25) is 5.15 Å². The van der Waals surface area contributed by atoms with E-state index in [9.17, 15) is 10.1 Å². The van der Waals surface area contributed by atoms with Crippen molar-refractivity contribution in [1.82, 2.24) is 9.88 Å². The number of hydrogen-bond acceptors (Lipinski definition) is 5. The Hall–Kier alpha value is -1.90. The molecule has 1 aliphatic carbocycles. The predicted octanol–water partition coefficient (Wildman–Crippen LogP) is 2.60. The lowest BCUT2D eigenvalue weighted by atomic mass is 9.87. The Balaban J connectivity index is 2.03. The van der Waals surface area contributed by atoms with Gasteiger partial charge < -0.3 is 9.64 Å². The molecule has 0 amide bonds. The van der Waals surface area contributed by atoms with E-state index in [0.717, 1.165) is 37.1 Å². The van der Waals surface area contributed by atoms with Gasteiger partial charge in [0.1, 0.15) is 16.8 Å². The van der Waals surface area contributed by atoms with Crippen LogP contribution in [0.25, 0.3) is 5.70 Å². The molecule has 1 aromatic heterocycles. The number of nitriles is 1. The lowest BCUT2D eigenvalue weighted by Crippen LogP contribution is -2.43. The van der Waals surface area contributed by atoms with Crippen molar-refractivity contribution in [3.05, 3.63) is 34.1 Å². The molecule has 0 saturated carbocycles. The minimum absolute atomic E-state index is 0.152. The zero-order valence-electron chi connectivity index (χ0n) is 13.2. The average Bonchev–Trinajstić information content (AvgIpc) is 2.55. The third-order valence-corrected chi connectivity index (χ3v) is 5.02. The minimum atomic E-state index is -0.154. The first-order valence-corrected chi connectivity index (χ1v) is 7.98. The Bertz CT molecular complexity index is 728. The molecule has 1 aromatic rings. The van der Waals surface area contributed by atoms with Gasteiger partial charge in [-0.15, -0.1) is 0 Å². The molecule has 2 aliphatic rings. The van der Waals surface area contributed by atoms with Crippen LogP contribution in [0, 0.1) is 11.3 Å².